The van der Waals surface area contributed by atoms with Crippen LogP contribution in [0.15, 0.2) is 30.3 Å². The number of alkyl halides is 2. The zero-order valence-corrected chi connectivity index (χ0v) is 12.5. The molecular weight excluding hydrogens is 302 g/mol. The minimum Gasteiger partial charge on any atom is -0.489 e. The van der Waals surface area contributed by atoms with Gasteiger partial charge in [-0.05, 0) is 19.1 Å². The van der Waals surface area contributed by atoms with Crippen LogP contribution in [-0.4, -0.2) is 37.1 Å². The summed E-state index contributed by atoms with van der Waals surface area (Å²) in [5, 5.41) is 5.14. The van der Waals surface area contributed by atoms with Gasteiger partial charge in [-0.3, -0.25) is 10.1 Å². The Morgan fingerprint density at radius 2 is 2.14 bits per heavy atom. The summed E-state index contributed by atoms with van der Waals surface area (Å²) in [7, 11) is 0. The predicted molar refractivity (Wildman–Crippen MR) is 78.1 cm³/mol. The van der Waals surface area contributed by atoms with Gasteiger partial charge in [-0.1, -0.05) is 18.2 Å². The molecular formula is C14H19ClF2N2O2. The maximum atomic E-state index is 13.0. The zero-order valence-electron chi connectivity index (χ0n) is 11.6. The largest absolute Gasteiger partial charge is 0.489 e. The number of hydrogen-bond donors (Lipinski definition) is 2. The van der Waals surface area contributed by atoms with Crippen LogP contribution in [0.2, 0.25) is 0 Å². The van der Waals surface area contributed by atoms with Gasteiger partial charge in [0.05, 0.1) is 19.1 Å². The van der Waals surface area contributed by atoms with Gasteiger partial charge in [-0.15, -0.1) is 12.4 Å². The monoisotopic (exact) mass is 320 g/mol. The lowest BCUT2D eigenvalue weighted by molar-refractivity contribution is -0.123. The molecule has 2 unspecified atom stereocenters. The Morgan fingerprint density at radius 3 is 2.71 bits per heavy atom. The molecule has 118 valence electrons. The highest BCUT2D eigenvalue weighted by Gasteiger charge is 2.42. The van der Waals surface area contributed by atoms with Crippen molar-refractivity contribution in [3.05, 3.63) is 30.3 Å². The number of ether oxygens (including phenoxy) is 1. The molecule has 0 aromatic heterocycles. The molecule has 1 aromatic carbocycles. The van der Waals surface area contributed by atoms with Crippen LogP contribution in [0.25, 0.3) is 0 Å². The number of para-hydroxylation sites is 1. The van der Waals surface area contributed by atoms with Crippen molar-refractivity contribution in [1.29, 1.82) is 0 Å². The molecule has 2 N–H and O–H groups in total. The normalized spacial score (nSPS) is 21.2. The van der Waals surface area contributed by atoms with Gasteiger partial charge in [0.25, 0.3) is 5.92 Å². The average molecular weight is 321 g/mol. The molecule has 0 bridgehead atoms. The van der Waals surface area contributed by atoms with Crippen molar-refractivity contribution >= 4 is 18.3 Å². The van der Waals surface area contributed by atoms with Gasteiger partial charge in [0.15, 0.2) is 0 Å². The molecule has 1 aliphatic heterocycles. The average Bonchev–Trinajstić information content (AvgIpc) is 2.78. The van der Waals surface area contributed by atoms with E-state index in [0.717, 1.165) is 0 Å². The Balaban J connectivity index is 0.00000220. The Labute approximate surface area is 128 Å². The molecule has 0 spiro atoms. The minimum atomic E-state index is -2.80. The lowest BCUT2D eigenvalue weighted by Gasteiger charge is -2.17. The summed E-state index contributed by atoms with van der Waals surface area (Å²) in [4.78, 5) is 11.7. The van der Waals surface area contributed by atoms with Crippen LogP contribution >= 0.6 is 12.4 Å². The third-order valence-electron chi connectivity index (χ3n) is 3.07. The number of rotatable bonds is 5. The van der Waals surface area contributed by atoms with Crippen LogP contribution < -0.4 is 15.4 Å². The molecule has 1 amide bonds. The standard InChI is InChI=1S/C14H18F2N2O2.ClH/c1-10(20-11-5-3-2-4-6-11)8-17-13(19)12-7-14(15,16)9-18-12;/h2-6,10,12,18H,7-9H2,1H3,(H,17,19);1H. The van der Waals surface area contributed by atoms with Gasteiger partial charge >= 0.3 is 0 Å². The first kappa shape index (κ1) is 17.7. The first-order valence-electron chi connectivity index (χ1n) is 6.57. The van der Waals surface area contributed by atoms with E-state index in [1.807, 2.05) is 37.3 Å². The first-order valence-corrected chi connectivity index (χ1v) is 6.57. The molecule has 0 radical (unpaired) electrons. The van der Waals surface area contributed by atoms with E-state index < -0.39 is 30.8 Å². The van der Waals surface area contributed by atoms with Crippen LogP contribution in [0.1, 0.15) is 13.3 Å². The Morgan fingerprint density at radius 1 is 1.48 bits per heavy atom. The van der Waals surface area contributed by atoms with E-state index in [1.165, 1.54) is 0 Å². The lowest BCUT2D eigenvalue weighted by atomic mass is 10.2. The predicted octanol–water partition coefficient (Wildman–Crippen LogP) is 1.99. The van der Waals surface area contributed by atoms with Crippen molar-refractivity contribution in [3.8, 4) is 5.75 Å². The van der Waals surface area contributed by atoms with Crippen molar-refractivity contribution in [2.24, 2.45) is 0 Å². The van der Waals surface area contributed by atoms with Gasteiger partial charge in [-0.2, -0.15) is 0 Å². The van der Waals surface area contributed by atoms with Crippen LogP contribution in [-0.2, 0) is 4.79 Å². The van der Waals surface area contributed by atoms with Crippen molar-refractivity contribution in [1.82, 2.24) is 10.6 Å². The quantitative estimate of drug-likeness (QED) is 0.872. The van der Waals surface area contributed by atoms with E-state index in [-0.39, 0.29) is 25.1 Å². The second-order valence-corrected chi connectivity index (χ2v) is 4.98. The number of carbonyl (C=O) groups excluding carboxylic acids is 1. The number of benzene rings is 1. The molecule has 1 saturated heterocycles. The van der Waals surface area contributed by atoms with Crippen LogP contribution in [0, 0.1) is 0 Å². The minimum absolute atomic E-state index is 0. The van der Waals surface area contributed by atoms with Crippen LogP contribution in [0.4, 0.5) is 8.78 Å². The molecule has 21 heavy (non-hydrogen) atoms. The molecule has 0 saturated carbocycles. The molecule has 1 fully saturated rings. The summed E-state index contributed by atoms with van der Waals surface area (Å²) in [6, 6.07) is 8.39. The van der Waals surface area contributed by atoms with E-state index in [2.05, 4.69) is 10.6 Å². The van der Waals surface area contributed by atoms with Crippen molar-refractivity contribution in [2.75, 3.05) is 13.1 Å². The summed E-state index contributed by atoms with van der Waals surface area (Å²) >= 11 is 0. The smallest absolute Gasteiger partial charge is 0.262 e. The van der Waals surface area contributed by atoms with Gasteiger partial charge in [0.2, 0.25) is 5.91 Å². The molecule has 7 heteroatoms. The highest BCUT2D eigenvalue weighted by atomic mass is 35.5. The van der Waals surface area contributed by atoms with Crippen molar-refractivity contribution in [2.45, 2.75) is 31.4 Å². The molecule has 2 atom stereocenters. The fourth-order valence-corrected chi connectivity index (χ4v) is 2.04. The summed E-state index contributed by atoms with van der Waals surface area (Å²) in [5.74, 6) is -2.50. The highest BCUT2D eigenvalue weighted by molar-refractivity contribution is 5.85. The number of halogens is 3. The fourth-order valence-electron chi connectivity index (χ4n) is 2.04. The zero-order chi connectivity index (χ0) is 14.6. The number of amides is 1. The fraction of sp³-hybridized carbons (Fsp3) is 0.500. The summed E-state index contributed by atoms with van der Waals surface area (Å²) < 4.78 is 31.5. The second-order valence-electron chi connectivity index (χ2n) is 4.98. The molecule has 1 heterocycles. The van der Waals surface area contributed by atoms with E-state index >= 15 is 0 Å². The van der Waals surface area contributed by atoms with E-state index in [9.17, 15) is 13.6 Å². The third-order valence-corrected chi connectivity index (χ3v) is 3.07. The van der Waals surface area contributed by atoms with E-state index in [1.54, 1.807) is 0 Å². The number of hydrogen-bond acceptors (Lipinski definition) is 3. The van der Waals surface area contributed by atoms with Gasteiger partial charge in [-0.25, -0.2) is 8.78 Å². The maximum Gasteiger partial charge on any atom is 0.262 e. The summed E-state index contributed by atoms with van der Waals surface area (Å²) in [5.41, 5.74) is 0. The SMILES string of the molecule is CC(CNC(=O)C1CC(F)(F)CN1)Oc1ccccc1.Cl. The Kier molecular flexibility index (Phi) is 6.36. The summed E-state index contributed by atoms with van der Waals surface area (Å²) in [6.45, 7) is 1.64. The molecule has 1 aliphatic rings. The number of nitrogens with one attached hydrogen (secondary N) is 2. The topological polar surface area (TPSA) is 50.4 Å². The Hall–Kier alpha value is -1.40. The second kappa shape index (κ2) is 7.56. The third kappa shape index (κ3) is 5.47. The maximum absolute atomic E-state index is 13.0. The van der Waals surface area contributed by atoms with Gasteiger partial charge < -0.3 is 10.1 Å². The molecule has 2 rings (SSSR count). The first-order chi connectivity index (χ1) is 9.46. The Bertz CT molecular complexity index is 460. The van der Waals surface area contributed by atoms with Crippen molar-refractivity contribution in [3.63, 3.8) is 0 Å². The van der Waals surface area contributed by atoms with Gasteiger partial charge in [0, 0.05) is 6.42 Å². The van der Waals surface area contributed by atoms with Gasteiger partial charge in [0.1, 0.15) is 11.9 Å². The highest BCUT2D eigenvalue weighted by Crippen LogP contribution is 2.25. The molecule has 1 aromatic rings. The van der Waals surface area contributed by atoms with E-state index in [4.69, 9.17) is 4.74 Å². The summed E-state index contributed by atoms with van der Waals surface area (Å²) in [6.07, 6.45) is -0.685. The lowest BCUT2D eigenvalue weighted by Crippen LogP contribution is -2.43. The van der Waals surface area contributed by atoms with E-state index in [0.29, 0.717) is 5.75 Å². The van der Waals surface area contributed by atoms with Crippen LogP contribution in [0.3, 0.4) is 0 Å². The molecule has 4 nitrogen and oxygen atoms in total. The number of carbonyl (C=O) groups is 1. The van der Waals surface area contributed by atoms with Crippen LogP contribution in [0.5, 0.6) is 5.75 Å². The molecule has 0 aliphatic carbocycles. The van der Waals surface area contributed by atoms with Crippen molar-refractivity contribution < 1.29 is 18.3 Å².